The van der Waals surface area contributed by atoms with Crippen LogP contribution in [-0.2, 0) is 24.3 Å². The van der Waals surface area contributed by atoms with Crippen LogP contribution in [0.3, 0.4) is 0 Å². The second kappa shape index (κ2) is 11.1. The van der Waals surface area contributed by atoms with Crippen molar-refractivity contribution in [2.24, 2.45) is 0 Å². The number of sulfonamides is 1. The lowest BCUT2D eigenvalue weighted by Crippen LogP contribution is -2.38. The molecule has 1 heterocycles. The van der Waals surface area contributed by atoms with E-state index >= 15 is 0 Å². The molecule has 0 fully saturated rings. The van der Waals surface area contributed by atoms with E-state index in [1.54, 1.807) is 36.4 Å². The standard InChI is InChI=1S/C20H19BrN4O5S3/c1-13-6-8-16(9-7-13)33(28,29)25(15-5-3-4-14(21)10-15)11-17(26)22-19-23-24-20(32-19)31-12-18(27)30-2/h3-10H,11-12H2,1-2H3,(H,22,23,26). The van der Waals surface area contributed by atoms with Gasteiger partial charge >= 0.3 is 5.97 Å². The van der Waals surface area contributed by atoms with Crippen LogP contribution in [0.15, 0.2) is 62.2 Å². The Bertz CT molecular complexity index is 1250. The van der Waals surface area contributed by atoms with Gasteiger partial charge in [-0.25, -0.2) is 8.42 Å². The molecule has 1 N–H and O–H groups in total. The summed E-state index contributed by atoms with van der Waals surface area (Å²) < 4.78 is 33.5. The molecule has 2 aromatic carbocycles. The minimum Gasteiger partial charge on any atom is -0.468 e. The molecule has 1 amide bonds. The second-order valence-corrected chi connectivity index (χ2v) is 11.6. The summed E-state index contributed by atoms with van der Waals surface area (Å²) in [6.45, 7) is 1.38. The largest absolute Gasteiger partial charge is 0.468 e. The van der Waals surface area contributed by atoms with Crippen LogP contribution in [0.1, 0.15) is 5.56 Å². The average Bonchev–Trinajstić information content (AvgIpc) is 3.23. The number of rotatable bonds is 9. The molecule has 0 bridgehead atoms. The molecular formula is C20H19BrN4O5S3. The Labute approximate surface area is 207 Å². The molecule has 174 valence electrons. The number of hydrogen-bond acceptors (Lipinski definition) is 9. The molecule has 13 heteroatoms. The summed E-state index contributed by atoms with van der Waals surface area (Å²) in [5.41, 5.74) is 1.24. The van der Waals surface area contributed by atoms with Crippen molar-refractivity contribution in [3.05, 3.63) is 58.6 Å². The van der Waals surface area contributed by atoms with E-state index in [1.165, 1.54) is 19.2 Å². The smallest absolute Gasteiger partial charge is 0.316 e. The van der Waals surface area contributed by atoms with E-state index in [0.29, 0.717) is 14.5 Å². The molecule has 3 rings (SSSR count). The number of methoxy groups -OCH3 is 1. The van der Waals surface area contributed by atoms with Crippen molar-refractivity contribution >= 4 is 71.7 Å². The first-order valence-corrected chi connectivity index (χ1v) is 13.4. The zero-order valence-electron chi connectivity index (χ0n) is 17.5. The molecule has 0 aliphatic carbocycles. The Morgan fingerprint density at radius 1 is 1.18 bits per heavy atom. The summed E-state index contributed by atoms with van der Waals surface area (Å²) in [7, 11) is -2.74. The molecule has 0 aliphatic rings. The van der Waals surface area contributed by atoms with Gasteiger partial charge in [0, 0.05) is 4.47 Å². The number of nitrogens with one attached hydrogen (secondary N) is 1. The van der Waals surface area contributed by atoms with Crippen molar-refractivity contribution in [1.29, 1.82) is 0 Å². The third kappa shape index (κ3) is 6.76. The number of thioether (sulfide) groups is 1. The second-order valence-electron chi connectivity index (χ2n) is 6.59. The van der Waals surface area contributed by atoms with Crippen molar-refractivity contribution in [2.45, 2.75) is 16.2 Å². The van der Waals surface area contributed by atoms with Crippen molar-refractivity contribution < 1.29 is 22.7 Å². The Balaban J connectivity index is 1.81. The predicted octanol–water partition coefficient (Wildman–Crippen LogP) is 3.71. The number of halogens is 1. The number of aryl methyl sites for hydroxylation is 1. The lowest BCUT2D eigenvalue weighted by Gasteiger charge is -2.24. The minimum atomic E-state index is -4.03. The van der Waals surface area contributed by atoms with Crippen LogP contribution >= 0.6 is 39.0 Å². The molecule has 0 unspecified atom stereocenters. The zero-order chi connectivity index (χ0) is 24.0. The Hall–Kier alpha value is -2.48. The maximum Gasteiger partial charge on any atom is 0.316 e. The number of amides is 1. The van der Waals surface area contributed by atoms with Crippen molar-refractivity contribution in [1.82, 2.24) is 10.2 Å². The number of nitrogens with zero attached hydrogens (tertiary/aromatic N) is 3. The fourth-order valence-electron chi connectivity index (χ4n) is 2.57. The number of esters is 1. The number of benzene rings is 2. The van der Waals surface area contributed by atoms with Gasteiger partial charge in [-0.1, -0.05) is 62.8 Å². The van der Waals surface area contributed by atoms with Crippen LogP contribution in [0.2, 0.25) is 0 Å². The maximum absolute atomic E-state index is 13.4. The SMILES string of the molecule is COC(=O)CSc1nnc(NC(=O)CN(c2cccc(Br)c2)S(=O)(=O)c2ccc(C)cc2)s1. The molecule has 3 aromatic rings. The summed E-state index contributed by atoms with van der Waals surface area (Å²) in [5.74, 6) is -0.942. The highest BCUT2D eigenvalue weighted by molar-refractivity contribution is 9.10. The van der Waals surface area contributed by atoms with Gasteiger partial charge in [-0.3, -0.25) is 19.2 Å². The predicted molar refractivity (Wildman–Crippen MR) is 131 cm³/mol. The van der Waals surface area contributed by atoms with Crippen molar-refractivity contribution in [3.8, 4) is 0 Å². The van der Waals surface area contributed by atoms with Crippen molar-refractivity contribution in [3.63, 3.8) is 0 Å². The van der Waals surface area contributed by atoms with Crippen LogP contribution in [0.5, 0.6) is 0 Å². The Morgan fingerprint density at radius 2 is 1.91 bits per heavy atom. The molecule has 0 saturated heterocycles. The molecule has 9 nitrogen and oxygen atoms in total. The van der Waals surface area contributed by atoms with Gasteiger partial charge in [0.05, 0.1) is 23.4 Å². The number of aromatic nitrogens is 2. The molecule has 0 aliphatic heterocycles. The molecule has 0 radical (unpaired) electrons. The molecule has 0 saturated carbocycles. The normalized spacial score (nSPS) is 11.1. The molecule has 0 atom stereocenters. The van der Waals surface area contributed by atoms with Crippen LogP contribution in [0, 0.1) is 6.92 Å². The molecular weight excluding hydrogens is 552 g/mol. The third-order valence-corrected chi connectivity index (χ3v) is 8.41. The van der Waals surface area contributed by atoms with Gasteiger partial charge in [0.25, 0.3) is 10.0 Å². The molecule has 33 heavy (non-hydrogen) atoms. The van der Waals surface area contributed by atoms with Crippen LogP contribution < -0.4 is 9.62 Å². The van der Waals surface area contributed by atoms with E-state index in [-0.39, 0.29) is 15.8 Å². The summed E-state index contributed by atoms with van der Waals surface area (Å²) in [6.07, 6.45) is 0. The Morgan fingerprint density at radius 3 is 2.58 bits per heavy atom. The third-order valence-electron chi connectivity index (χ3n) is 4.19. The van der Waals surface area contributed by atoms with E-state index in [9.17, 15) is 18.0 Å². The summed E-state index contributed by atoms with van der Waals surface area (Å²) in [4.78, 5) is 24.1. The van der Waals surface area contributed by atoms with Gasteiger partial charge < -0.3 is 4.74 Å². The highest BCUT2D eigenvalue weighted by Gasteiger charge is 2.27. The number of carbonyl (C=O) groups is 2. The number of hydrogen-bond donors (Lipinski definition) is 1. The first-order valence-electron chi connectivity index (χ1n) is 9.37. The molecule has 0 spiro atoms. The van der Waals surface area contributed by atoms with E-state index in [0.717, 1.165) is 33.0 Å². The monoisotopic (exact) mass is 570 g/mol. The Kier molecular flexibility index (Phi) is 8.46. The van der Waals surface area contributed by atoms with Gasteiger partial charge in [-0.15, -0.1) is 10.2 Å². The maximum atomic E-state index is 13.4. The summed E-state index contributed by atoms with van der Waals surface area (Å²) >= 11 is 5.54. The fourth-order valence-corrected chi connectivity index (χ4v) is 5.97. The van der Waals surface area contributed by atoms with Gasteiger partial charge in [0.15, 0.2) is 4.34 Å². The lowest BCUT2D eigenvalue weighted by atomic mass is 10.2. The first-order chi connectivity index (χ1) is 15.7. The van der Waals surface area contributed by atoms with Gasteiger partial charge in [-0.2, -0.15) is 0 Å². The number of anilines is 2. The lowest BCUT2D eigenvalue weighted by molar-refractivity contribution is -0.137. The van der Waals surface area contributed by atoms with E-state index < -0.39 is 28.4 Å². The van der Waals surface area contributed by atoms with Crippen LogP contribution in [0.4, 0.5) is 10.8 Å². The quantitative estimate of drug-likeness (QED) is 0.235. The number of ether oxygens (including phenoxy) is 1. The van der Waals surface area contributed by atoms with E-state index in [1.807, 2.05) is 6.92 Å². The molecule has 1 aromatic heterocycles. The van der Waals surface area contributed by atoms with E-state index in [4.69, 9.17) is 0 Å². The van der Waals surface area contributed by atoms with Crippen molar-refractivity contribution in [2.75, 3.05) is 29.0 Å². The van der Waals surface area contributed by atoms with Gasteiger partial charge in [-0.05, 0) is 37.3 Å². The highest BCUT2D eigenvalue weighted by atomic mass is 79.9. The zero-order valence-corrected chi connectivity index (χ0v) is 21.6. The number of carbonyl (C=O) groups excluding carboxylic acids is 2. The fraction of sp³-hybridized carbons (Fsp3) is 0.200. The van der Waals surface area contributed by atoms with Crippen LogP contribution in [0.25, 0.3) is 0 Å². The van der Waals surface area contributed by atoms with E-state index in [2.05, 4.69) is 36.2 Å². The topological polar surface area (TPSA) is 119 Å². The minimum absolute atomic E-state index is 0.0601. The first kappa shape index (κ1) is 25.1. The summed E-state index contributed by atoms with van der Waals surface area (Å²) in [5, 5.41) is 10.5. The van der Waals surface area contributed by atoms with Gasteiger partial charge in [0.2, 0.25) is 11.0 Å². The van der Waals surface area contributed by atoms with Gasteiger partial charge in [0.1, 0.15) is 6.54 Å². The van der Waals surface area contributed by atoms with Crippen LogP contribution in [-0.4, -0.2) is 49.9 Å². The summed E-state index contributed by atoms with van der Waals surface area (Å²) in [6, 6.07) is 13.1. The average molecular weight is 572 g/mol. The highest BCUT2D eigenvalue weighted by Crippen LogP contribution is 2.28.